The van der Waals surface area contributed by atoms with Crippen LogP contribution in [0.4, 0.5) is 9.93 Å². The number of nitrogens with one attached hydrogen (secondary N) is 2. The van der Waals surface area contributed by atoms with E-state index in [1.54, 1.807) is 17.5 Å². The van der Waals surface area contributed by atoms with E-state index >= 15 is 0 Å². The summed E-state index contributed by atoms with van der Waals surface area (Å²) in [4.78, 5) is 16.9. The number of nitrogens with zero attached hydrogens (tertiary/aromatic N) is 3. The van der Waals surface area contributed by atoms with Crippen molar-refractivity contribution in [2.24, 2.45) is 0 Å². The maximum atomic E-state index is 12.1. The average Bonchev–Trinajstić information content (AvgIpc) is 3.09. The molecule has 7 heteroatoms. The number of rotatable bonds is 3. The van der Waals surface area contributed by atoms with Crippen molar-refractivity contribution in [3.05, 3.63) is 41.0 Å². The summed E-state index contributed by atoms with van der Waals surface area (Å²) in [5.41, 5.74) is 4.94. The van der Waals surface area contributed by atoms with Crippen LogP contribution in [-0.4, -0.2) is 33.2 Å². The summed E-state index contributed by atoms with van der Waals surface area (Å²) >= 11 is 1.29. The minimum absolute atomic E-state index is 0.200. The number of hydrogen-bond acceptors (Lipinski definition) is 4. The Morgan fingerprint density at radius 2 is 2.33 bits per heavy atom. The number of urea groups is 1. The lowest BCUT2D eigenvalue weighted by molar-refractivity contribution is 0.221. The number of aromatic nitrogens is 3. The highest BCUT2D eigenvalue weighted by molar-refractivity contribution is 7.13. The van der Waals surface area contributed by atoms with Crippen LogP contribution in [0.3, 0.4) is 0 Å². The Morgan fingerprint density at radius 3 is 3.10 bits per heavy atom. The molecule has 1 aromatic carbocycles. The van der Waals surface area contributed by atoms with Crippen molar-refractivity contribution in [2.45, 2.75) is 13.5 Å². The molecule has 0 aliphatic heterocycles. The summed E-state index contributed by atoms with van der Waals surface area (Å²) in [5.74, 6) is 0. The van der Waals surface area contributed by atoms with Crippen molar-refractivity contribution >= 4 is 33.4 Å². The lowest BCUT2D eigenvalue weighted by Crippen LogP contribution is -2.30. The third kappa shape index (κ3) is 2.87. The number of benzene rings is 1. The zero-order valence-corrected chi connectivity index (χ0v) is 12.6. The Balaban J connectivity index is 1.75. The Hall–Kier alpha value is -2.41. The van der Waals surface area contributed by atoms with Crippen molar-refractivity contribution in [1.82, 2.24) is 20.1 Å². The molecule has 0 aliphatic carbocycles. The van der Waals surface area contributed by atoms with Gasteiger partial charge in [-0.3, -0.25) is 5.32 Å². The molecule has 21 heavy (non-hydrogen) atoms. The molecule has 0 radical (unpaired) electrons. The summed E-state index contributed by atoms with van der Waals surface area (Å²) in [5, 5.41) is 11.9. The van der Waals surface area contributed by atoms with Gasteiger partial charge in [0, 0.05) is 30.7 Å². The van der Waals surface area contributed by atoms with Gasteiger partial charge in [0.2, 0.25) is 5.13 Å². The van der Waals surface area contributed by atoms with Crippen LogP contribution < -0.4 is 5.32 Å². The highest BCUT2D eigenvalue weighted by Gasteiger charge is 2.13. The molecule has 3 rings (SSSR count). The second kappa shape index (κ2) is 5.53. The molecular formula is C14H15N5OS. The van der Waals surface area contributed by atoms with Crippen LogP contribution in [0, 0.1) is 6.92 Å². The highest BCUT2D eigenvalue weighted by Crippen LogP contribution is 2.21. The smallest absolute Gasteiger partial charge is 0.323 e. The molecule has 108 valence electrons. The van der Waals surface area contributed by atoms with E-state index in [9.17, 15) is 4.79 Å². The van der Waals surface area contributed by atoms with Crippen molar-refractivity contribution in [3.8, 4) is 0 Å². The van der Waals surface area contributed by atoms with Gasteiger partial charge in [-0.1, -0.05) is 23.0 Å². The van der Waals surface area contributed by atoms with Gasteiger partial charge in [0.1, 0.15) is 5.51 Å². The molecule has 2 aromatic heterocycles. The predicted molar refractivity (Wildman–Crippen MR) is 83.4 cm³/mol. The van der Waals surface area contributed by atoms with Gasteiger partial charge in [0.05, 0.1) is 0 Å². The lowest BCUT2D eigenvalue weighted by Gasteiger charge is -2.16. The number of aryl methyl sites for hydroxylation is 1. The number of fused-ring (bicyclic) bond motifs is 1. The number of aromatic amines is 1. The summed E-state index contributed by atoms with van der Waals surface area (Å²) in [6.07, 6.45) is 1.94. The van der Waals surface area contributed by atoms with Crippen LogP contribution >= 0.6 is 11.3 Å². The molecule has 0 spiro atoms. The minimum Gasteiger partial charge on any atom is -0.361 e. The van der Waals surface area contributed by atoms with Crippen LogP contribution in [0.5, 0.6) is 0 Å². The number of hydrogen-bond donors (Lipinski definition) is 2. The van der Waals surface area contributed by atoms with Gasteiger partial charge in [-0.2, -0.15) is 0 Å². The van der Waals surface area contributed by atoms with Gasteiger partial charge in [0.25, 0.3) is 0 Å². The average molecular weight is 301 g/mol. The fourth-order valence-electron chi connectivity index (χ4n) is 2.16. The molecule has 0 atom stereocenters. The Labute approximate surface area is 125 Å². The molecule has 3 aromatic rings. The Kier molecular flexibility index (Phi) is 3.57. The van der Waals surface area contributed by atoms with Gasteiger partial charge in [-0.25, -0.2) is 4.79 Å². The van der Waals surface area contributed by atoms with E-state index in [0.717, 1.165) is 16.5 Å². The zero-order chi connectivity index (χ0) is 14.8. The number of carbonyl (C=O) groups is 1. The number of carbonyl (C=O) groups excluding carboxylic acids is 1. The first kappa shape index (κ1) is 13.6. The van der Waals surface area contributed by atoms with E-state index in [-0.39, 0.29) is 6.03 Å². The summed E-state index contributed by atoms with van der Waals surface area (Å²) < 4.78 is 0. The summed E-state index contributed by atoms with van der Waals surface area (Å²) in [6.45, 7) is 2.58. The van der Waals surface area contributed by atoms with E-state index in [2.05, 4.69) is 45.6 Å². The molecule has 0 saturated heterocycles. The Bertz CT molecular complexity index is 765. The third-order valence-electron chi connectivity index (χ3n) is 3.25. The number of H-pyrrole nitrogens is 1. The van der Waals surface area contributed by atoms with Crippen molar-refractivity contribution in [1.29, 1.82) is 0 Å². The summed E-state index contributed by atoms with van der Waals surface area (Å²) in [6, 6.07) is 6.04. The van der Waals surface area contributed by atoms with Gasteiger partial charge in [-0.05, 0) is 24.6 Å². The zero-order valence-electron chi connectivity index (χ0n) is 11.8. The topological polar surface area (TPSA) is 73.9 Å². The number of anilines is 1. The minimum atomic E-state index is -0.200. The quantitative estimate of drug-likeness (QED) is 0.781. The fraction of sp³-hybridized carbons (Fsp3) is 0.214. The van der Waals surface area contributed by atoms with Crippen LogP contribution in [0.15, 0.2) is 29.9 Å². The van der Waals surface area contributed by atoms with E-state index < -0.39 is 0 Å². The lowest BCUT2D eigenvalue weighted by atomic mass is 10.1. The van der Waals surface area contributed by atoms with Gasteiger partial charge in [0.15, 0.2) is 0 Å². The van der Waals surface area contributed by atoms with Crippen LogP contribution in [0.25, 0.3) is 10.9 Å². The van der Waals surface area contributed by atoms with Gasteiger partial charge in [-0.15, -0.1) is 10.2 Å². The highest BCUT2D eigenvalue weighted by atomic mass is 32.1. The first-order chi connectivity index (χ1) is 10.1. The van der Waals surface area contributed by atoms with Gasteiger partial charge < -0.3 is 9.88 Å². The maximum Gasteiger partial charge on any atom is 0.323 e. The second-order valence-corrected chi connectivity index (χ2v) is 5.73. The van der Waals surface area contributed by atoms with Crippen molar-refractivity contribution in [3.63, 3.8) is 0 Å². The van der Waals surface area contributed by atoms with Crippen molar-refractivity contribution < 1.29 is 4.79 Å². The van der Waals surface area contributed by atoms with Gasteiger partial charge >= 0.3 is 6.03 Å². The van der Waals surface area contributed by atoms with Crippen LogP contribution in [-0.2, 0) is 6.54 Å². The Morgan fingerprint density at radius 1 is 1.48 bits per heavy atom. The van der Waals surface area contributed by atoms with E-state index in [1.807, 2.05) is 6.20 Å². The largest absolute Gasteiger partial charge is 0.361 e. The maximum absolute atomic E-state index is 12.1. The SMILES string of the molecule is Cc1ccc2[nH]cc(CN(C)C(=O)Nc3nncs3)c2c1. The fourth-order valence-corrected chi connectivity index (χ4v) is 2.60. The molecule has 0 unspecified atom stereocenters. The van der Waals surface area contributed by atoms with Crippen LogP contribution in [0.1, 0.15) is 11.1 Å². The van der Waals surface area contributed by atoms with E-state index in [1.165, 1.54) is 16.9 Å². The van der Waals surface area contributed by atoms with Crippen LogP contribution in [0.2, 0.25) is 0 Å². The first-order valence-electron chi connectivity index (χ1n) is 6.48. The number of amides is 2. The van der Waals surface area contributed by atoms with E-state index in [4.69, 9.17) is 0 Å². The third-order valence-corrected chi connectivity index (χ3v) is 3.86. The van der Waals surface area contributed by atoms with Crippen molar-refractivity contribution in [2.75, 3.05) is 12.4 Å². The first-order valence-corrected chi connectivity index (χ1v) is 7.36. The molecule has 6 nitrogen and oxygen atoms in total. The molecule has 0 saturated carbocycles. The molecular weight excluding hydrogens is 286 g/mol. The normalized spacial score (nSPS) is 10.8. The molecule has 2 heterocycles. The molecule has 0 aliphatic rings. The van der Waals surface area contributed by atoms with E-state index in [0.29, 0.717) is 11.7 Å². The molecule has 0 fully saturated rings. The molecule has 2 amide bonds. The second-order valence-electron chi connectivity index (χ2n) is 4.89. The molecule has 2 N–H and O–H groups in total. The monoisotopic (exact) mass is 301 g/mol. The standard InChI is InChI=1S/C14H15N5OS/c1-9-3-4-12-11(5-9)10(6-15-12)7-19(2)14(20)17-13-18-16-8-21-13/h3-6,8,15H,7H2,1-2H3,(H,17,18,20). The summed E-state index contributed by atoms with van der Waals surface area (Å²) in [7, 11) is 1.75. The predicted octanol–water partition coefficient (Wildman–Crippen LogP) is 2.99. The molecule has 0 bridgehead atoms.